The zero-order valence-electron chi connectivity index (χ0n) is 25.3. The summed E-state index contributed by atoms with van der Waals surface area (Å²) < 4.78 is 5.57. The number of nitrogens with one attached hydrogen (secondary N) is 3. The van der Waals surface area contributed by atoms with Crippen molar-refractivity contribution in [2.45, 2.75) is 38.3 Å². The van der Waals surface area contributed by atoms with Crippen molar-refractivity contribution in [1.29, 1.82) is 0 Å². The van der Waals surface area contributed by atoms with E-state index in [0.29, 0.717) is 23.3 Å². The largest absolute Gasteiger partial charge is 0.381 e. The van der Waals surface area contributed by atoms with E-state index in [1.165, 1.54) is 6.08 Å². The molecule has 2 amide bonds. The highest BCUT2D eigenvalue weighted by Gasteiger charge is 2.44. The molecule has 3 N–H and O–H groups in total. The highest BCUT2D eigenvalue weighted by Crippen LogP contribution is 2.43. The molecule has 1 aromatic carbocycles. The summed E-state index contributed by atoms with van der Waals surface area (Å²) in [7, 11) is 0. The molecule has 3 aromatic heterocycles. The Balaban J connectivity index is 0.985. The third-order valence-electron chi connectivity index (χ3n) is 9.26. The van der Waals surface area contributed by atoms with Crippen LogP contribution in [-0.2, 0) is 16.1 Å². The molecule has 0 bridgehead atoms. The van der Waals surface area contributed by atoms with E-state index in [-0.39, 0.29) is 17.9 Å². The third kappa shape index (κ3) is 6.31. The summed E-state index contributed by atoms with van der Waals surface area (Å²) in [5.74, 6) is 0.563. The van der Waals surface area contributed by atoms with Crippen molar-refractivity contribution in [1.82, 2.24) is 30.2 Å². The standard InChI is InChI=1S/C34H38N8O3/c1-2-30(43)38-26-4-3-13-41(19-26)18-23-9-12-35-29(16-23)33(44)39-25-7-5-24(6-8-25)28-17-27-31(40-28)36-22-37-32(27)42-20-34(21-42)10-14-45-15-11-34/h2,5-9,12,16-17,22,26H,1,3-4,10-11,13-15,18-21H2,(H,38,43)(H,39,44)(H,36,37,40)/t26-/m1/s1. The van der Waals surface area contributed by atoms with E-state index >= 15 is 0 Å². The maximum Gasteiger partial charge on any atom is 0.274 e. The van der Waals surface area contributed by atoms with E-state index < -0.39 is 0 Å². The number of carbonyl (C=O) groups is 2. The van der Waals surface area contributed by atoms with Gasteiger partial charge < -0.3 is 25.3 Å². The van der Waals surface area contributed by atoms with Crippen LogP contribution in [0.3, 0.4) is 0 Å². The molecule has 11 heteroatoms. The van der Waals surface area contributed by atoms with E-state index in [2.05, 4.69) is 53.0 Å². The first kappa shape index (κ1) is 29.1. The lowest BCUT2D eigenvalue weighted by Gasteiger charge is -2.52. The fraction of sp³-hybridized carbons (Fsp3) is 0.382. The molecule has 232 valence electrons. The van der Waals surface area contributed by atoms with Gasteiger partial charge in [0, 0.05) is 68.4 Å². The number of ether oxygens (including phenoxy) is 1. The number of benzene rings is 1. The molecule has 11 nitrogen and oxygen atoms in total. The van der Waals surface area contributed by atoms with Crippen LogP contribution < -0.4 is 15.5 Å². The van der Waals surface area contributed by atoms with Gasteiger partial charge in [-0.2, -0.15) is 0 Å². The molecule has 0 saturated carbocycles. The topological polar surface area (TPSA) is 128 Å². The summed E-state index contributed by atoms with van der Waals surface area (Å²) in [6.07, 6.45) is 8.77. The van der Waals surface area contributed by atoms with Crippen LogP contribution in [0.25, 0.3) is 22.3 Å². The molecule has 45 heavy (non-hydrogen) atoms. The number of amides is 2. The first-order valence-electron chi connectivity index (χ1n) is 15.7. The van der Waals surface area contributed by atoms with E-state index in [4.69, 9.17) is 4.74 Å². The van der Waals surface area contributed by atoms with Crippen molar-refractivity contribution in [3.63, 3.8) is 0 Å². The second-order valence-corrected chi connectivity index (χ2v) is 12.5. The van der Waals surface area contributed by atoms with Crippen LogP contribution in [0.5, 0.6) is 0 Å². The Morgan fingerprint density at radius 3 is 2.71 bits per heavy atom. The molecule has 3 aliphatic rings. The van der Waals surface area contributed by atoms with E-state index in [1.54, 1.807) is 12.5 Å². The van der Waals surface area contributed by atoms with Gasteiger partial charge in [0.15, 0.2) is 0 Å². The number of H-pyrrole nitrogens is 1. The number of piperidine rings is 1. The van der Waals surface area contributed by atoms with Gasteiger partial charge in [-0.15, -0.1) is 0 Å². The van der Waals surface area contributed by atoms with Crippen LogP contribution in [0.15, 0.2) is 67.6 Å². The second kappa shape index (κ2) is 12.4. The summed E-state index contributed by atoms with van der Waals surface area (Å²) in [6.45, 7) is 9.62. The Hall–Kier alpha value is -4.61. The number of likely N-dealkylation sites (tertiary alicyclic amines) is 1. The summed E-state index contributed by atoms with van der Waals surface area (Å²) in [4.78, 5) is 46.4. The van der Waals surface area contributed by atoms with E-state index in [0.717, 1.165) is 98.7 Å². The molecule has 1 atom stereocenters. The Morgan fingerprint density at radius 1 is 1.09 bits per heavy atom. The highest BCUT2D eigenvalue weighted by atomic mass is 16.5. The van der Waals surface area contributed by atoms with E-state index in [9.17, 15) is 9.59 Å². The minimum atomic E-state index is -0.262. The number of hydrogen-bond acceptors (Lipinski definition) is 8. The quantitative estimate of drug-likeness (QED) is 0.255. The number of nitrogens with zero attached hydrogens (tertiary/aromatic N) is 5. The fourth-order valence-corrected chi connectivity index (χ4v) is 6.83. The van der Waals surface area contributed by atoms with Crippen molar-refractivity contribution in [2.24, 2.45) is 5.41 Å². The van der Waals surface area contributed by atoms with Gasteiger partial charge in [0.2, 0.25) is 5.91 Å². The molecule has 3 saturated heterocycles. The van der Waals surface area contributed by atoms with E-state index in [1.807, 2.05) is 36.4 Å². The highest BCUT2D eigenvalue weighted by molar-refractivity contribution is 6.03. The van der Waals surface area contributed by atoms with Crippen LogP contribution in [0.4, 0.5) is 11.5 Å². The first-order valence-corrected chi connectivity index (χ1v) is 15.7. The van der Waals surface area contributed by atoms with Gasteiger partial charge in [-0.3, -0.25) is 19.5 Å². The number of hydrogen-bond donors (Lipinski definition) is 3. The van der Waals surface area contributed by atoms with Gasteiger partial charge >= 0.3 is 0 Å². The molecule has 3 aliphatic heterocycles. The molecule has 7 rings (SSSR count). The zero-order valence-corrected chi connectivity index (χ0v) is 25.3. The molecular formula is C34H38N8O3. The van der Waals surface area contributed by atoms with Gasteiger partial charge in [-0.25, -0.2) is 9.97 Å². The van der Waals surface area contributed by atoms with Crippen LogP contribution in [0, 0.1) is 5.41 Å². The molecule has 3 fully saturated rings. The monoisotopic (exact) mass is 606 g/mol. The van der Waals surface area contributed by atoms with Crippen molar-refractivity contribution in [2.75, 3.05) is 49.6 Å². The lowest BCUT2D eigenvalue weighted by molar-refractivity contribution is -0.117. The fourth-order valence-electron chi connectivity index (χ4n) is 6.83. The minimum absolute atomic E-state index is 0.0985. The maximum absolute atomic E-state index is 13.1. The Kier molecular flexibility index (Phi) is 8.03. The number of anilines is 2. The Bertz CT molecular complexity index is 1700. The Labute approximate surface area is 262 Å². The van der Waals surface area contributed by atoms with Gasteiger partial charge in [-0.05, 0) is 79.8 Å². The molecule has 1 spiro atoms. The SMILES string of the molecule is C=CC(=O)N[C@@H]1CCCN(Cc2ccnc(C(=O)Nc3ccc(-c4cc5c(N6CC7(CCOCC7)C6)ncnc5[nH]4)cc3)c2)C1. The normalized spacial score (nSPS) is 19.6. The smallest absolute Gasteiger partial charge is 0.274 e. The second-order valence-electron chi connectivity index (χ2n) is 12.5. The number of pyridine rings is 1. The van der Waals surface area contributed by atoms with Gasteiger partial charge in [0.05, 0.1) is 5.39 Å². The number of rotatable bonds is 8. The average Bonchev–Trinajstić information content (AvgIpc) is 3.49. The van der Waals surface area contributed by atoms with Crippen molar-refractivity contribution >= 4 is 34.4 Å². The van der Waals surface area contributed by atoms with Crippen LogP contribution >= 0.6 is 0 Å². The predicted molar refractivity (Wildman–Crippen MR) is 173 cm³/mol. The number of carbonyl (C=O) groups excluding carboxylic acids is 2. The minimum Gasteiger partial charge on any atom is -0.381 e. The van der Waals surface area contributed by atoms with Crippen LogP contribution in [0.2, 0.25) is 0 Å². The lowest BCUT2D eigenvalue weighted by Crippen LogP contribution is -2.58. The molecule has 0 radical (unpaired) electrons. The van der Waals surface area contributed by atoms with Gasteiger partial charge in [-0.1, -0.05) is 18.7 Å². The molecule has 0 unspecified atom stereocenters. The zero-order chi connectivity index (χ0) is 30.8. The summed E-state index contributed by atoms with van der Waals surface area (Å²) >= 11 is 0. The molecular weight excluding hydrogens is 568 g/mol. The number of fused-ring (bicyclic) bond motifs is 1. The van der Waals surface area contributed by atoms with Crippen LogP contribution in [-0.4, -0.2) is 82.1 Å². The maximum atomic E-state index is 13.1. The predicted octanol–water partition coefficient (Wildman–Crippen LogP) is 4.16. The molecule has 6 heterocycles. The van der Waals surface area contributed by atoms with Gasteiger partial charge in [0.25, 0.3) is 5.91 Å². The molecule has 4 aromatic rings. The average molecular weight is 607 g/mol. The summed E-state index contributed by atoms with van der Waals surface area (Å²) in [6, 6.07) is 13.7. The first-order chi connectivity index (χ1) is 22.0. The Morgan fingerprint density at radius 2 is 1.91 bits per heavy atom. The van der Waals surface area contributed by atoms with Crippen molar-refractivity contribution in [3.05, 3.63) is 78.9 Å². The van der Waals surface area contributed by atoms with Gasteiger partial charge in [0.1, 0.15) is 23.5 Å². The third-order valence-corrected chi connectivity index (χ3v) is 9.26. The summed E-state index contributed by atoms with van der Waals surface area (Å²) in [5.41, 5.74) is 5.16. The van der Waals surface area contributed by atoms with Crippen molar-refractivity contribution < 1.29 is 14.3 Å². The number of aromatic amines is 1. The number of aromatic nitrogens is 4. The summed E-state index contributed by atoms with van der Waals surface area (Å²) in [5, 5.41) is 6.99. The lowest BCUT2D eigenvalue weighted by atomic mass is 9.73. The molecule has 0 aliphatic carbocycles. The van der Waals surface area contributed by atoms with Crippen molar-refractivity contribution in [3.8, 4) is 11.3 Å². The van der Waals surface area contributed by atoms with Crippen LogP contribution in [0.1, 0.15) is 41.7 Å².